The molecular weight excluding hydrogens is 244 g/mol. The number of carbonyl (C=O) groups is 1. The number of ether oxygens (including phenoxy) is 1. The van der Waals surface area contributed by atoms with Gasteiger partial charge in [-0.25, -0.2) is 4.79 Å². The van der Waals surface area contributed by atoms with E-state index in [1.807, 2.05) is 39.8 Å². The molecule has 0 atom stereocenters. The molecule has 0 aliphatic rings. The van der Waals surface area contributed by atoms with Gasteiger partial charge in [0.25, 0.3) is 0 Å². The van der Waals surface area contributed by atoms with Crippen LogP contribution < -0.4 is 0 Å². The maximum Gasteiger partial charge on any atom is 0.373 e. The number of benzene rings is 1. The summed E-state index contributed by atoms with van der Waals surface area (Å²) in [5.74, 6) is -0.518. The highest BCUT2D eigenvalue weighted by atomic mass is 17.2. The zero-order chi connectivity index (χ0) is 14.5. The van der Waals surface area contributed by atoms with E-state index in [-0.39, 0.29) is 12.2 Å². The number of aryl methyl sites for hydroxylation is 1. The van der Waals surface area contributed by atoms with Crippen molar-refractivity contribution in [2.45, 2.75) is 40.2 Å². The van der Waals surface area contributed by atoms with Crippen molar-refractivity contribution in [3.05, 3.63) is 41.5 Å². The summed E-state index contributed by atoms with van der Waals surface area (Å²) in [6, 6.07) is 7.08. The molecule has 0 fully saturated rings. The topological polar surface area (TPSA) is 44.8 Å². The van der Waals surface area contributed by atoms with Crippen molar-refractivity contribution in [3.8, 4) is 0 Å². The molecule has 1 aromatic carbocycles. The smallest absolute Gasteiger partial charge is 0.373 e. The Hall–Kier alpha value is -1.39. The molecule has 1 radical (unpaired) electrons. The second kappa shape index (κ2) is 6.68. The Bertz CT molecular complexity index is 403. The van der Waals surface area contributed by atoms with E-state index in [1.165, 1.54) is 0 Å². The van der Waals surface area contributed by atoms with Crippen molar-refractivity contribution >= 4 is 5.97 Å². The molecule has 0 unspecified atom stereocenters. The molecule has 0 saturated carbocycles. The number of hydrogen-bond acceptors (Lipinski definition) is 4. The Labute approximate surface area is 114 Å². The van der Waals surface area contributed by atoms with Gasteiger partial charge in [-0.05, 0) is 46.8 Å². The first-order valence-corrected chi connectivity index (χ1v) is 6.20. The third-order valence-electron chi connectivity index (χ3n) is 2.26. The van der Waals surface area contributed by atoms with Gasteiger partial charge in [0.05, 0.1) is 17.8 Å². The van der Waals surface area contributed by atoms with E-state index in [2.05, 4.69) is 0 Å². The van der Waals surface area contributed by atoms with Crippen LogP contribution in [0, 0.1) is 13.0 Å². The molecule has 0 heterocycles. The Morgan fingerprint density at radius 2 is 1.68 bits per heavy atom. The van der Waals surface area contributed by atoms with Gasteiger partial charge < -0.3 is 4.74 Å². The van der Waals surface area contributed by atoms with Crippen molar-refractivity contribution in [2.75, 3.05) is 6.61 Å². The van der Waals surface area contributed by atoms with Crippen LogP contribution >= 0.6 is 0 Å². The van der Waals surface area contributed by atoms with Crippen LogP contribution in [0.4, 0.5) is 0 Å². The molecule has 0 aliphatic heterocycles. The van der Waals surface area contributed by atoms with Crippen molar-refractivity contribution in [3.63, 3.8) is 0 Å². The zero-order valence-electron chi connectivity index (χ0n) is 12.1. The van der Waals surface area contributed by atoms with Crippen molar-refractivity contribution in [2.24, 2.45) is 0 Å². The molecule has 1 rings (SSSR count). The largest absolute Gasteiger partial charge is 0.373 e. The summed E-state index contributed by atoms with van der Waals surface area (Å²) >= 11 is 0. The van der Waals surface area contributed by atoms with Crippen LogP contribution in [0.15, 0.2) is 24.3 Å². The summed E-state index contributed by atoms with van der Waals surface area (Å²) in [7, 11) is 0. The zero-order valence-corrected chi connectivity index (χ0v) is 12.1. The summed E-state index contributed by atoms with van der Waals surface area (Å²) in [5.41, 5.74) is 1.28. The summed E-state index contributed by atoms with van der Waals surface area (Å²) in [4.78, 5) is 21.3. The molecule has 0 aliphatic carbocycles. The number of hydrogen-bond donors (Lipinski definition) is 0. The monoisotopic (exact) mass is 265 g/mol. The van der Waals surface area contributed by atoms with E-state index < -0.39 is 5.97 Å². The lowest BCUT2D eigenvalue weighted by Crippen LogP contribution is -2.23. The highest BCUT2D eigenvalue weighted by Gasteiger charge is 2.16. The minimum absolute atomic E-state index is 0.258. The van der Waals surface area contributed by atoms with E-state index in [0.717, 1.165) is 5.56 Å². The lowest BCUT2D eigenvalue weighted by Gasteiger charge is -2.21. The Morgan fingerprint density at radius 1 is 1.11 bits per heavy atom. The lowest BCUT2D eigenvalue weighted by molar-refractivity contribution is -0.242. The van der Waals surface area contributed by atoms with E-state index in [0.29, 0.717) is 11.7 Å². The van der Waals surface area contributed by atoms with E-state index in [1.54, 1.807) is 19.1 Å². The van der Waals surface area contributed by atoms with Crippen LogP contribution in [-0.4, -0.2) is 18.2 Å². The minimum atomic E-state index is -0.518. The van der Waals surface area contributed by atoms with Gasteiger partial charge in [0.15, 0.2) is 6.10 Å². The first kappa shape index (κ1) is 15.7. The number of carbonyl (C=O) groups excluding carboxylic acids is 1. The van der Waals surface area contributed by atoms with Gasteiger partial charge in [-0.3, -0.25) is 4.89 Å². The van der Waals surface area contributed by atoms with E-state index in [9.17, 15) is 4.79 Å². The third-order valence-corrected chi connectivity index (χ3v) is 2.26. The maximum atomic E-state index is 11.7. The molecule has 0 saturated heterocycles. The maximum absolute atomic E-state index is 11.7. The quantitative estimate of drug-likeness (QED) is 0.604. The summed E-state index contributed by atoms with van der Waals surface area (Å²) < 4.78 is 5.49. The molecule has 0 bridgehead atoms. The van der Waals surface area contributed by atoms with Gasteiger partial charge >= 0.3 is 5.97 Å². The predicted molar refractivity (Wildman–Crippen MR) is 72.3 cm³/mol. The minimum Gasteiger partial charge on any atom is -0.373 e. The molecule has 0 amide bonds. The first-order chi connectivity index (χ1) is 8.78. The third kappa shape index (κ3) is 6.36. The van der Waals surface area contributed by atoms with Gasteiger partial charge in [0, 0.05) is 0 Å². The Morgan fingerprint density at radius 3 is 2.21 bits per heavy atom. The molecule has 0 aromatic heterocycles. The van der Waals surface area contributed by atoms with Crippen molar-refractivity contribution in [1.82, 2.24) is 0 Å². The average Bonchev–Trinajstić information content (AvgIpc) is 2.33. The van der Waals surface area contributed by atoms with Gasteiger partial charge in [0.2, 0.25) is 0 Å². The molecule has 0 N–H and O–H groups in total. The summed E-state index contributed by atoms with van der Waals surface area (Å²) in [6.45, 7) is 9.77. The molecule has 1 aromatic rings. The molecule has 0 spiro atoms. The van der Waals surface area contributed by atoms with Crippen LogP contribution in [0.3, 0.4) is 0 Å². The molecular formula is C15H21O4. The lowest BCUT2D eigenvalue weighted by atomic mass is 10.2. The average molecular weight is 265 g/mol. The Balaban J connectivity index is 2.36. The SMILES string of the molecule is C[C](COC(C)(C)C)OOC(=O)c1ccc(C)cc1. The van der Waals surface area contributed by atoms with Crippen LogP contribution in [0.1, 0.15) is 43.6 Å². The van der Waals surface area contributed by atoms with Crippen LogP contribution in [0.2, 0.25) is 0 Å². The summed E-state index contributed by atoms with van der Waals surface area (Å²) in [6.07, 6.45) is 0.496. The van der Waals surface area contributed by atoms with E-state index >= 15 is 0 Å². The highest BCUT2D eigenvalue weighted by Crippen LogP contribution is 2.13. The van der Waals surface area contributed by atoms with Crippen LogP contribution in [0.25, 0.3) is 0 Å². The van der Waals surface area contributed by atoms with E-state index in [4.69, 9.17) is 14.5 Å². The normalized spacial score (nSPS) is 11.7. The Kier molecular flexibility index (Phi) is 5.51. The number of rotatable bonds is 5. The van der Waals surface area contributed by atoms with Gasteiger partial charge in [0.1, 0.15) is 0 Å². The second-order valence-corrected chi connectivity index (χ2v) is 5.42. The standard InChI is InChI=1S/C15H21O4/c1-11-6-8-13(9-7-11)14(16)19-18-12(2)10-17-15(3,4)5/h6-9H,10H2,1-5H3. The summed E-state index contributed by atoms with van der Waals surface area (Å²) in [5, 5.41) is 0. The van der Waals surface area contributed by atoms with Crippen LogP contribution in [-0.2, 0) is 14.5 Å². The molecule has 105 valence electrons. The van der Waals surface area contributed by atoms with Crippen molar-refractivity contribution < 1.29 is 19.3 Å². The fourth-order valence-corrected chi connectivity index (χ4v) is 1.19. The van der Waals surface area contributed by atoms with Crippen molar-refractivity contribution in [1.29, 1.82) is 0 Å². The van der Waals surface area contributed by atoms with Gasteiger partial charge in [-0.15, -0.1) is 0 Å². The molecule has 4 heteroatoms. The van der Waals surface area contributed by atoms with Gasteiger partial charge in [-0.1, -0.05) is 17.7 Å². The fraction of sp³-hybridized carbons (Fsp3) is 0.467. The molecule has 19 heavy (non-hydrogen) atoms. The highest BCUT2D eigenvalue weighted by molar-refractivity contribution is 5.88. The first-order valence-electron chi connectivity index (χ1n) is 6.20. The van der Waals surface area contributed by atoms with Crippen LogP contribution in [0.5, 0.6) is 0 Å². The predicted octanol–water partition coefficient (Wildman–Crippen LogP) is 3.45. The fourth-order valence-electron chi connectivity index (χ4n) is 1.19. The second-order valence-electron chi connectivity index (χ2n) is 5.42. The van der Waals surface area contributed by atoms with Gasteiger partial charge in [-0.2, -0.15) is 4.89 Å². The molecule has 4 nitrogen and oxygen atoms in total.